The molecular formula is C14H11ClN2O2S. The molecule has 0 bridgehead atoms. The molecule has 1 aromatic heterocycles. The molecule has 1 heterocycles. The summed E-state index contributed by atoms with van der Waals surface area (Å²) in [5.74, 6) is -0.780. The van der Waals surface area contributed by atoms with Gasteiger partial charge in [0.2, 0.25) is 0 Å². The van der Waals surface area contributed by atoms with Crippen LogP contribution >= 0.6 is 22.9 Å². The summed E-state index contributed by atoms with van der Waals surface area (Å²) in [6.45, 7) is 1.81. The second kappa shape index (κ2) is 6.04. The molecule has 102 valence electrons. The first-order valence-electron chi connectivity index (χ1n) is 5.76. The van der Waals surface area contributed by atoms with Gasteiger partial charge in [0.15, 0.2) is 5.78 Å². The lowest BCUT2D eigenvalue weighted by molar-refractivity contribution is 0.0981. The number of ketones is 1. The van der Waals surface area contributed by atoms with Crippen LogP contribution in [-0.2, 0) is 0 Å². The number of ether oxygens (including phenoxy) is 1. The molecule has 0 aliphatic rings. The minimum absolute atomic E-state index is 0.293. The van der Waals surface area contributed by atoms with Crippen LogP contribution in [0.25, 0.3) is 0 Å². The molecule has 0 aliphatic heterocycles. The Kier molecular flexibility index (Phi) is 4.38. The standard InChI is InChI=1S/C14H11ClN2O2S/c1-8-17-7-13(20-8)14(18)11(6-16)10-5-9(15)3-4-12(10)19-2/h3-5,7,11H,1-2H3. The highest BCUT2D eigenvalue weighted by Crippen LogP contribution is 2.32. The van der Waals surface area contributed by atoms with Crippen molar-refractivity contribution in [2.24, 2.45) is 0 Å². The molecule has 2 rings (SSSR count). The first-order chi connectivity index (χ1) is 9.56. The van der Waals surface area contributed by atoms with Gasteiger partial charge in [-0.2, -0.15) is 5.26 Å². The molecule has 2 aromatic rings. The average Bonchev–Trinajstić information content (AvgIpc) is 2.86. The maximum absolute atomic E-state index is 12.4. The molecule has 6 heteroatoms. The fourth-order valence-corrected chi connectivity index (χ4v) is 2.75. The van der Waals surface area contributed by atoms with E-state index in [-0.39, 0.29) is 5.78 Å². The summed E-state index contributed by atoms with van der Waals surface area (Å²) in [5, 5.41) is 10.6. The van der Waals surface area contributed by atoms with E-state index in [9.17, 15) is 10.1 Å². The molecule has 0 radical (unpaired) electrons. The van der Waals surface area contributed by atoms with Crippen molar-refractivity contribution in [3.63, 3.8) is 0 Å². The van der Waals surface area contributed by atoms with Crippen molar-refractivity contribution in [1.29, 1.82) is 5.26 Å². The first kappa shape index (κ1) is 14.5. The van der Waals surface area contributed by atoms with Crippen LogP contribution in [0.1, 0.15) is 26.2 Å². The normalized spacial score (nSPS) is 11.7. The highest BCUT2D eigenvalue weighted by atomic mass is 35.5. The number of hydrogen-bond acceptors (Lipinski definition) is 5. The lowest BCUT2D eigenvalue weighted by Gasteiger charge is -2.12. The smallest absolute Gasteiger partial charge is 0.196 e. The largest absolute Gasteiger partial charge is 0.496 e. The highest BCUT2D eigenvalue weighted by molar-refractivity contribution is 7.13. The molecule has 0 aliphatic carbocycles. The van der Waals surface area contributed by atoms with Crippen LogP contribution in [0, 0.1) is 18.3 Å². The molecule has 0 N–H and O–H groups in total. The third-order valence-corrected chi connectivity index (χ3v) is 3.92. The van der Waals surface area contributed by atoms with Crippen molar-refractivity contribution < 1.29 is 9.53 Å². The van der Waals surface area contributed by atoms with Crippen molar-refractivity contribution in [2.75, 3.05) is 7.11 Å². The third kappa shape index (κ3) is 2.82. The van der Waals surface area contributed by atoms with E-state index >= 15 is 0 Å². The van der Waals surface area contributed by atoms with Gasteiger partial charge in [-0.1, -0.05) is 11.6 Å². The summed E-state index contributed by atoms with van der Waals surface area (Å²) in [5.41, 5.74) is 0.471. The average molecular weight is 307 g/mol. The molecule has 1 aromatic carbocycles. The molecular weight excluding hydrogens is 296 g/mol. The molecule has 0 saturated heterocycles. The van der Waals surface area contributed by atoms with Crippen molar-refractivity contribution >= 4 is 28.7 Å². The third-order valence-electron chi connectivity index (χ3n) is 2.76. The lowest BCUT2D eigenvalue weighted by atomic mass is 9.94. The van der Waals surface area contributed by atoms with E-state index in [4.69, 9.17) is 16.3 Å². The number of thiazole rings is 1. The Morgan fingerprint density at radius 3 is 2.85 bits per heavy atom. The van der Waals surface area contributed by atoms with Crippen molar-refractivity contribution in [1.82, 2.24) is 4.98 Å². The van der Waals surface area contributed by atoms with Crippen LogP contribution in [0.15, 0.2) is 24.4 Å². The fourth-order valence-electron chi connectivity index (χ4n) is 1.82. The summed E-state index contributed by atoms with van der Waals surface area (Å²) in [4.78, 5) is 16.9. The number of aromatic nitrogens is 1. The van der Waals surface area contributed by atoms with Gasteiger partial charge in [-0.05, 0) is 25.1 Å². The summed E-state index contributed by atoms with van der Waals surface area (Å²) < 4.78 is 5.20. The minimum atomic E-state index is -0.955. The molecule has 0 amide bonds. The quantitative estimate of drug-likeness (QED) is 0.810. The van der Waals surface area contributed by atoms with Gasteiger partial charge in [-0.3, -0.25) is 4.79 Å². The fraction of sp³-hybridized carbons (Fsp3) is 0.214. The number of aryl methyl sites for hydroxylation is 1. The van der Waals surface area contributed by atoms with E-state index in [0.717, 1.165) is 5.01 Å². The number of nitrogens with zero attached hydrogens (tertiary/aromatic N) is 2. The summed E-state index contributed by atoms with van der Waals surface area (Å²) in [6.07, 6.45) is 1.49. The zero-order valence-electron chi connectivity index (χ0n) is 10.9. The Bertz CT molecular complexity index is 691. The van der Waals surface area contributed by atoms with E-state index in [1.165, 1.54) is 24.6 Å². The molecule has 1 unspecified atom stereocenters. The van der Waals surface area contributed by atoms with E-state index < -0.39 is 5.92 Å². The Balaban J connectivity index is 2.45. The zero-order chi connectivity index (χ0) is 14.7. The lowest BCUT2D eigenvalue weighted by Crippen LogP contribution is -2.11. The van der Waals surface area contributed by atoms with Crippen molar-refractivity contribution in [3.8, 4) is 11.8 Å². The van der Waals surface area contributed by atoms with Gasteiger partial charge in [0.05, 0.1) is 23.1 Å². The summed E-state index contributed by atoms with van der Waals surface area (Å²) >= 11 is 7.21. The zero-order valence-corrected chi connectivity index (χ0v) is 12.5. The maximum Gasteiger partial charge on any atom is 0.196 e. The Morgan fingerprint density at radius 1 is 1.55 bits per heavy atom. The molecule has 1 atom stereocenters. The number of methoxy groups -OCH3 is 1. The Labute approximate surface area is 125 Å². The Hall–Kier alpha value is -1.90. The number of carbonyl (C=O) groups is 1. The topological polar surface area (TPSA) is 63.0 Å². The highest BCUT2D eigenvalue weighted by Gasteiger charge is 2.26. The minimum Gasteiger partial charge on any atom is -0.496 e. The van der Waals surface area contributed by atoms with Gasteiger partial charge in [0.1, 0.15) is 11.7 Å². The number of hydrogen-bond donors (Lipinski definition) is 0. The predicted octanol–water partition coefficient (Wildman–Crippen LogP) is 3.60. The van der Waals surface area contributed by atoms with Gasteiger partial charge >= 0.3 is 0 Å². The molecule has 4 nitrogen and oxygen atoms in total. The van der Waals surface area contributed by atoms with Gasteiger partial charge < -0.3 is 4.74 Å². The molecule has 0 spiro atoms. The van der Waals surface area contributed by atoms with E-state index in [1.54, 1.807) is 18.2 Å². The molecule has 0 fully saturated rings. The van der Waals surface area contributed by atoms with Crippen LogP contribution in [-0.4, -0.2) is 17.9 Å². The van der Waals surface area contributed by atoms with E-state index in [2.05, 4.69) is 4.98 Å². The second-order valence-electron chi connectivity index (χ2n) is 4.06. The van der Waals surface area contributed by atoms with Gasteiger partial charge in [-0.15, -0.1) is 11.3 Å². The van der Waals surface area contributed by atoms with Gasteiger partial charge in [0.25, 0.3) is 0 Å². The maximum atomic E-state index is 12.4. The van der Waals surface area contributed by atoms with Crippen LogP contribution in [0.3, 0.4) is 0 Å². The Morgan fingerprint density at radius 2 is 2.30 bits per heavy atom. The van der Waals surface area contributed by atoms with E-state index in [1.807, 2.05) is 13.0 Å². The van der Waals surface area contributed by atoms with Gasteiger partial charge in [-0.25, -0.2) is 4.98 Å². The molecule has 0 saturated carbocycles. The number of carbonyl (C=O) groups excluding carboxylic acids is 1. The van der Waals surface area contributed by atoms with Crippen LogP contribution < -0.4 is 4.74 Å². The molecule has 20 heavy (non-hydrogen) atoms. The van der Waals surface area contributed by atoms with Crippen molar-refractivity contribution in [2.45, 2.75) is 12.8 Å². The van der Waals surface area contributed by atoms with Crippen LogP contribution in [0.5, 0.6) is 5.75 Å². The monoisotopic (exact) mass is 306 g/mol. The first-order valence-corrected chi connectivity index (χ1v) is 6.96. The summed E-state index contributed by atoms with van der Waals surface area (Å²) in [7, 11) is 1.49. The second-order valence-corrected chi connectivity index (χ2v) is 5.73. The number of Topliss-reactive ketones (excluding diaryl/α,β-unsaturated/α-hetero) is 1. The number of nitriles is 1. The van der Waals surface area contributed by atoms with Gasteiger partial charge in [0, 0.05) is 16.8 Å². The van der Waals surface area contributed by atoms with Crippen LogP contribution in [0.4, 0.5) is 0 Å². The number of rotatable bonds is 4. The number of halogens is 1. The van der Waals surface area contributed by atoms with Crippen molar-refractivity contribution in [3.05, 3.63) is 44.9 Å². The van der Waals surface area contributed by atoms with E-state index in [0.29, 0.717) is 21.2 Å². The number of benzene rings is 1. The SMILES string of the molecule is COc1ccc(Cl)cc1C(C#N)C(=O)c1cnc(C)s1. The predicted molar refractivity (Wildman–Crippen MR) is 77.5 cm³/mol. The van der Waals surface area contributed by atoms with Crippen LogP contribution in [0.2, 0.25) is 5.02 Å². The summed E-state index contributed by atoms with van der Waals surface area (Å²) in [6, 6.07) is 6.90.